The molecule has 0 N–H and O–H groups in total. The predicted molar refractivity (Wildman–Crippen MR) is 89.3 cm³/mol. The summed E-state index contributed by atoms with van der Waals surface area (Å²) in [6.45, 7) is 5.01. The van der Waals surface area contributed by atoms with E-state index in [9.17, 15) is 13.2 Å². The fourth-order valence-electron chi connectivity index (χ4n) is 2.36. The van der Waals surface area contributed by atoms with Crippen LogP contribution in [-0.2, 0) is 6.42 Å². The van der Waals surface area contributed by atoms with Crippen LogP contribution in [0.2, 0.25) is 0 Å². The second-order valence-electron chi connectivity index (χ2n) is 5.49. The van der Waals surface area contributed by atoms with E-state index in [2.05, 4.69) is 11.7 Å². The highest BCUT2D eigenvalue weighted by atomic mass is 19.4. The van der Waals surface area contributed by atoms with Crippen molar-refractivity contribution in [3.8, 4) is 17.2 Å². The van der Waals surface area contributed by atoms with Gasteiger partial charge in [0.2, 0.25) is 0 Å². The number of hydrogen-bond acceptors (Lipinski definition) is 3. The molecule has 0 aromatic heterocycles. The van der Waals surface area contributed by atoms with Gasteiger partial charge in [-0.1, -0.05) is 25.1 Å². The Balaban J connectivity index is 1.75. The van der Waals surface area contributed by atoms with Crippen LogP contribution in [0.3, 0.4) is 0 Å². The van der Waals surface area contributed by atoms with Crippen LogP contribution in [0.1, 0.15) is 24.5 Å². The summed E-state index contributed by atoms with van der Waals surface area (Å²) in [4.78, 5) is 0. The lowest BCUT2D eigenvalue weighted by molar-refractivity contribution is -0.274. The number of aryl methyl sites for hydroxylation is 2. The smallest absolute Gasteiger partial charge is 0.493 e. The van der Waals surface area contributed by atoms with E-state index in [1.165, 1.54) is 29.8 Å². The third kappa shape index (κ3) is 6.21. The summed E-state index contributed by atoms with van der Waals surface area (Å²) < 4.78 is 51.4. The first kappa shape index (κ1) is 19.0. The molecule has 0 atom stereocenters. The first-order valence-corrected chi connectivity index (χ1v) is 8.09. The maximum atomic E-state index is 12.1. The van der Waals surface area contributed by atoms with E-state index in [1.54, 1.807) is 0 Å². The minimum Gasteiger partial charge on any atom is -0.493 e. The molecule has 0 spiro atoms. The van der Waals surface area contributed by atoms with E-state index in [0.29, 0.717) is 25.4 Å². The molecular weight excluding hydrogens is 333 g/mol. The molecule has 0 radical (unpaired) electrons. The molecule has 2 aromatic carbocycles. The van der Waals surface area contributed by atoms with Crippen LogP contribution in [0.15, 0.2) is 42.5 Å². The van der Waals surface area contributed by atoms with Crippen molar-refractivity contribution < 1.29 is 27.4 Å². The molecule has 0 aliphatic rings. The summed E-state index contributed by atoms with van der Waals surface area (Å²) in [7, 11) is 0. The molecule has 3 nitrogen and oxygen atoms in total. The zero-order valence-electron chi connectivity index (χ0n) is 14.2. The Kier molecular flexibility index (Phi) is 6.56. The Morgan fingerprint density at radius 2 is 1.52 bits per heavy atom. The van der Waals surface area contributed by atoms with Gasteiger partial charge in [0.1, 0.15) is 17.2 Å². The normalized spacial score (nSPS) is 11.2. The third-order valence-corrected chi connectivity index (χ3v) is 3.54. The molecule has 0 aliphatic heterocycles. The van der Waals surface area contributed by atoms with Crippen LogP contribution in [0, 0.1) is 6.92 Å². The summed E-state index contributed by atoms with van der Waals surface area (Å²) >= 11 is 0. The summed E-state index contributed by atoms with van der Waals surface area (Å²) in [5.41, 5.74) is 2.27. The minimum absolute atomic E-state index is 0.269. The van der Waals surface area contributed by atoms with Crippen LogP contribution in [0.25, 0.3) is 0 Å². The second kappa shape index (κ2) is 8.65. The Morgan fingerprint density at radius 3 is 2.16 bits per heavy atom. The Morgan fingerprint density at radius 1 is 0.880 bits per heavy atom. The van der Waals surface area contributed by atoms with Gasteiger partial charge in [0, 0.05) is 6.42 Å². The van der Waals surface area contributed by atoms with Crippen molar-refractivity contribution in [3.05, 3.63) is 53.6 Å². The highest BCUT2D eigenvalue weighted by Crippen LogP contribution is 2.25. The minimum atomic E-state index is -4.69. The van der Waals surface area contributed by atoms with E-state index >= 15 is 0 Å². The van der Waals surface area contributed by atoms with Crippen LogP contribution >= 0.6 is 0 Å². The molecule has 0 amide bonds. The molecule has 0 unspecified atom stereocenters. The van der Waals surface area contributed by atoms with E-state index in [1.807, 2.05) is 25.1 Å². The van der Waals surface area contributed by atoms with Gasteiger partial charge in [-0.05, 0) is 48.7 Å². The first-order chi connectivity index (χ1) is 11.9. The lowest BCUT2D eigenvalue weighted by Gasteiger charge is -2.13. The van der Waals surface area contributed by atoms with Gasteiger partial charge >= 0.3 is 6.36 Å². The van der Waals surface area contributed by atoms with Crippen LogP contribution in [0.5, 0.6) is 17.2 Å². The summed E-state index contributed by atoms with van der Waals surface area (Å²) in [6, 6.07) is 11.4. The Hall–Kier alpha value is -2.37. The average molecular weight is 354 g/mol. The van der Waals surface area contributed by atoms with Gasteiger partial charge in [0.15, 0.2) is 0 Å². The van der Waals surface area contributed by atoms with Crippen molar-refractivity contribution in [1.82, 2.24) is 0 Å². The number of halogens is 3. The molecule has 0 heterocycles. The van der Waals surface area contributed by atoms with E-state index in [-0.39, 0.29) is 5.75 Å². The summed E-state index contributed by atoms with van der Waals surface area (Å²) in [5.74, 6) is 1.13. The van der Waals surface area contributed by atoms with Gasteiger partial charge < -0.3 is 14.2 Å². The van der Waals surface area contributed by atoms with Crippen molar-refractivity contribution in [2.75, 3.05) is 13.2 Å². The monoisotopic (exact) mass is 354 g/mol. The standard InChI is InChI=1S/C19H21F3O3/c1-3-15-7-4-6-14(2)18(15)24-13-5-12-23-16-8-10-17(11-9-16)25-19(20,21)22/h4,6-11H,3,5,12-13H2,1-2H3. The predicted octanol–water partition coefficient (Wildman–Crippen LogP) is 5.30. The molecule has 0 aliphatic carbocycles. The van der Waals surface area contributed by atoms with E-state index in [0.717, 1.165) is 17.7 Å². The van der Waals surface area contributed by atoms with Crippen molar-refractivity contribution >= 4 is 0 Å². The molecular formula is C19H21F3O3. The average Bonchev–Trinajstić information content (AvgIpc) is 2.56. The second-order valence-corrected chi connectivity index (χ2v) is 5.49. The number of rotatable bonds is 8. The van der Waals surface area contributed by atoms with Crippen LogP contribution in [-0.4, -0.2) is 19.6 Å². The summed E-state index contributed by atoms with van der Waals surface area (Å²) in [5, 5.41) is 0. The molecule has 0 saturated carbocycles. The molecule has 2 rings (SSSR count). The fourth-order valence-corrected chi connectivity index (χ4v) is 2.36. The van der Waals surface area contributed by atoms with Gasteiger partial charge in [-0.15, -0.1) is 13.2 Å². The quantitative estimate of drug-likeness (QED) is 0.602. The van der Waals surface area contributed by atoms with Crippen LogP contribution in [0.4, 0.5) is 13.2 Å². The molecule has 2 aromatic rings. The lowest BCUT2D eigenvalue weighted by Crippen LogP contribution is -2.17. The number of ether oxygens (including phenoxy) is 3. The van der Waals surface area contributed by atoms with Crippen molar-refractivity contribution in [2.24, 2.45) is 0 Å². The summed E-state index contributed by atoms with van der Waals surface area (Å²) in [6.07, 6.45) is -3.12. The van der Waals surface area contributed by atoms with E-state index < -0.39 is 6.36 Å². The van der Waals surface area contributed by atoms with Crippen LogP contribution < -0.4 is 14.2 Å². The Labute approximate surface area is 145 Å². The number of para-hydroxylation sites is 1. The number of benzene rings is 2. The molecule has 136 valence electrons. The molecule has 0 fully saturated rings. The number of alkyl halides is 3. The largest absolute Gasteiger partial charge is 0.573 e. The zero-order chi connectivity index (χ0) is 18.3. The molecule has 25 heavy (non-hydrogen) atoms. The topological polar surface area (TPSA) is 27.7 Å². The van der Waals surface area contributed by atoms with Crippen molar-refractivity contribution in [3.63, 3.8) is 0 Å². The van der Waals surface area contributed by atoms with Gasteiger partial charge in [-0.2, -0.15) is 0 Å². The molecule has 0 bridgehead atoms. The maximum absolute atomic E-state index is 12.1. The SMILES string of the molecule is CCc1cccc(C)c1OCCCOc1ccc(OC(F)(F)F)cc1. The highest BCUT2D eigenvalue weighted by Gasteiger charge is 2.30. The fraction of sp³-hybridized carbons (Fsp3) is 0.368. The van der Waals surface area contributed by atoms with Gasteiger partial charge in [-0.3, -0.25) is 0 Å². The zero-order valence-corrected chi connectivity index (χ0v) is 14.2. The van der Waals surface area contributed by atoms with Crippen molar-refractivity contribution in [1.29, 1.82) is 0 Å². The van der Waals surface area contributed by atoms with Gasteiger partial charge in [0.25, 0.3) is 0 Å². The lowest BCUT2D eigenvalue weighted by atomic mass is 10.1. The molecule has 6 heteroatoms. The highest BCUT2D eigenvalue weighted by molar-refractivity contribution is 5.40. The maximum Gasteiger partial charge on any atom is 0.573 e. The van der Waals surface area contributed by atoms with E-state index in [4.69, 9.17) is 9.47 Å². The van der Waals surface area contributed by atoms with Gasteiger partial charge in [0.05, 0.1) is 13.2 Å². The third-order valence-electron chi connectivity index (χ3n) is 3.54. The first-order valence-electron chi connectivity index (χ1n) is 8.09. The molecule has 0 saturated heterocycles. The number of hydrogen-bond donors (Lipinski definition) is 0. The Bertz CT molecular complexity index is 667. The van der Waals surface area contributed by atoms with Crippen molar-refractivity contribution in [2.45, 2.75) is 33.1 Å². The van der Waals surface area contributed by atoms with Gasteiger partial charge in [-0.25, -0.2) is 0 Å².